The SMILES string of the molecule is CCCN(Cc1ccccc1)C(=O)c1nc2ccccc2s1. The maximum atomic E-state index is 12.8. The van der Waals surface area contributed by atoms with Gasteiger partial charge in [-0.1, -0.05) is 49.4 Å². The number of thiazole rings is 1. The number of carbonyl (C=O) groups is 1. The number of nitrogens with zero attached hydrogens (tertiary/aromatic N) is 2. The van der Waals surface area contributed by atoms with Crippen molar-refractivity contribution in [2.24, 2.45) is 0 Å². The Morgan fingerprint density at radius 3 is 2.55 bits per heavy atom. The molecular weight excluding hydrogens is 292 g/mol. The normalized spacial score (nSPS) is 10.8. The Balaban J connectivity index is 1.85. The first-order valence-electron chi connectivity index (χ1n) is 7.46. The van der Waals surface area contributed by atoms with Crippen LogP contribution in [0.1, 0.15) is 28.7 Å². The average molecular weight is 310 g/mol. The number of aromatic nitrogens is 1. The minimum Gasteiger partial charge on any atom is -0.332 e. The van der Waals surface area contributed by atoms with E-state index in [9.17, 15) is 4.79 Å². The molecule has 112 valence electrons. The van der Waals surface area contributed by atoms with Crippen molar-refractivity contribution in [1.82, 2.24) is 9.88 Å². The van der Waals surface area contributed by atoms with E-state index in [1.165, 1.54) is 11.3 Å². The molecule has 0 unspecified atom stereocenters. The van der Waals surface area contributed by atoms with Crippen molar-refractivity contribution in [2.45, 2.75) is 19.9 Å². The lowest BCUT2D eigenvalue weighted by Crippen LogP contribution is -2.31. The molecule has 0 aliphatic heterocycles. The molecule has 0 spiro atoms. The van der Waals surface area contributed by atoms with Gasteiger partial charge in [-0.15, -0.1) is 11.3 Å². The lowest BCUT2D eigenvalue weighted by Gasteiger charge is -2.21. The summed E-state index contributed by atoms with van der Waals surface area (Å²) < 4.78 is 1.06. The number of amides is 1. The van der Waals surface area contributed by atoms with Gasteiger partial charge in [0.25, 0.3) is 5.91 Å². The zero-order valence-corrected chi connectivity index (χ0v) is 13.3. The molecule has 3 nitrogen and oxygen atoms in total. The molecular formula is C18H18N2OS. The van der Waals surface area contributed by atoms with Crippen molar-refractivity contribution in [3.05, 3.63) is 65.2 Å². The smallest absolute Gasteiger partial charge is 0.283 e. The average Bonchev–Trinajstić information content (AvgIpc) is 2.99. The van der Waals surface area contributed by atoms with Gasteiger partial charge in [-0.05, 0) is 24.1 Å². The van der Waals surface area contributed by atoms with Crippen molar-refractivity contribution in [3.63, 3.8) is 0 Å². The standard InChI is InChI=1S/C18H18N2OS/c1-2-12-20(13-14-8-4-3-5-9-14)18(21)17-19-15-10-6-7-11-16(15)22-17/h3-11H,2,12-13H2,1H3. The predicted octanol–water partition coefficient (Wildman–Crippen LogP) is 4.35. The highest BCUT2D eigenvalue weighted by Crippen LogP contribution is 2.23. The van der Waals surface area contributed by atoms with Gasteiger partial charge in [-0.3, -0.25) is 4.79 Å². The zero-order chi connectivity index (χ0) is 15.4. The minimum atomic E-state index is 0.0203. The first kappa shape index (κ1) is 14.7. The molecule has 3 rings (SSSR count). The summed E-state index contributed by atoms with van der Waals surface area (Å²) in [6.07, 6.45) is 0.934. The third-order valence-corrected chi connectivity index (χ3v) is 4.50. The van der Waals surface area contributed by atoms with Crippen LogP contribution in [0.15, 0.2) is 54.6 Å². The lowest BCUT2D eigenvalue weighted by molar-refractivity contribution is 0.0743. The molecule has 0 aliphatic carbocycles. The van der Waals surface area contributed by atoms with Gasteiger partial charge in [0.15, 0.2) is 5.01 Å². The van der Waals surface area contributed by atoms with E-state index in [1.54, 1.807) is 0 Å². The maximum Gasteiger partial charge on any atom is 0.283 e. The van der Waals surface area contributed by atoms with Gasteiger partial charge in [0.05, 0.1) is 10.2 Å². The molecule has 22 heavy (non-hydrogen) atoms. The number of fused-ring (bicyclic) bond motifs is 1. The first-order chi connectivity index (χ1) is 10.8. The van der Waals surface area contributed by atoms with Crippen LogP contribution in [0.4, 0.5) is 0 Å². The van der Waals surface area contributed by atoms with Crippen LogP contribution in [-0.2, 0) is 6.54 Å². The fourth-order valence-corrected chi connectivity index (χ4v) is 3.36. The van der Waals surface area contributed by atoms with Gasteiger partial charge in [-0.2, -0.15) is 0 Å². The van der Waals surface area contributed by atoms with E-state index in [0.29, 0.717) is 11.6 Å². The fourth-order valence-electron chi connectivity index (χ4n) is 2.43. The Kier molecular flexibility index (Phi) is 4.49. The van der Waals surface area contributed by atoms with Gasteiger partial charge >= 0.3 is 0 Å². The summed E-state index contributed by atoms with van der Waals surface area (Å²) in [6, 6.07) is 18.0. The number of carbonyl (C=O) groups excluding carboxylic acids is 1. The van der Waals surface area contributed by atoms with E-state index < -0.39 is 0 Å². The van der Waals surface area contributed by atoms with E-state index in [2.05, 4.69) is 11.9 Å². The Bertz CT molecular complexity index is 734. The van der Waals surface area contributed by atoms with E-state index in [1.807, 2.05) is 59.5 Å². The van der Waals surface area contributed by atoms with Gasteiger partial charge in [0.1, 0.15) is 0 Å². The second kappa shape index (κ2) is 6.71. The van der Waals surface area contributed by atoms with Crippen LogP contribution >= 0.6 is 11.3 Å². The van der Waals surface area contributed by atoms with Gasteiger partial charge in [0.2, 0.25) is 0 Å². The molecule has 0 radical (unpaired) electrons. The Morgan fingerprint density at radius 1 is 1.09 bits per heavy atom. The van der Waals surface area contributed by atoms with Crippen LogP contribution in [-0.4, -0.2) is 22.3 Å². The van der Waals surface area contributed by atoms with Crippen LogP contribution in [0.3, 0.4) is 0 Å². The largest absolute Gasteiger partial charge is 0.332 e. The second-order valence-corrected chi connectivity index (χ2v) is 6.23. The number of rotatable bonds is 5. The zero-order valence-electron chi connectivity index (χ0n) is 12.5. The third kappa shape index (κ3) is 3.17. The van der Waals surface area contributed by atoms with E-state index >= 15 is 0 Å². The topological polar surface area (TPSA) is 33.2 Å². The molecule has 0 bridgehead atoms. The summed E-state index contributed by atoms with van der Waals surface area (Å²) in [7, 11) is 0. The van der Waals surface area contributed by atoms with Crippen molar-refractivity contribution < 1.29 is 4.79 Å². The highest BCUT2D eigenvalue weighted by molar-refractivity contribution is 7.20. The molecule has 4 heteroatoms. The minimum absolute atomic E-state index is 0.0203. The number of para-hydroxylation sites is 1. The van der Waals surface area contributed by atoms with Crippen LogP contribution in [0.2, 0.25) is 0 Å². The predicted molar refractivity (Wildman–Crippen MR) is 91.1 cm³/mol. The molecule has 0 aliphatic rings. The Hall–Kier alpha value is -2.20. The van der Waals surface area contributed by atoms with Gasteiger partial charge < -0.3 is 4.90 Å². The number of hydrogen-bond acceptors (Lipinski definition) is 3. The molecule has 0 saturated carbocycles. The highest BCUT2D eigenvalue weighted by atomic mass is 32.1. The van der Waals surface area contributed by atoms with Gasteiger partial charge in [-0.25, -0.2) is 4.98 Å². The Morgan fingerprint density at radius 2 is 1.82 bits per heavy atom. The number of benzene rings is 2. The fraction of sp³-hybridized carbons (Fsp3) is 0.222. The highest BCUT2D eigenvalue weighted by Gasteiger charge is 2.19. The molecule has 0 N–H and O–H groups in total. The second-order valence-electron chi connectivity index (χ2n) is 5.20. The summed E-state index contributed by atoms with van der Waals surface area (Å²) in [5.74, 6) is 0.0203. The van der Waals surface area contributed by atoms with Crippen molar-refractivity contribution in [1.29, 1.82) is 0 Å². The monoisotopic (exact) mass is 310 g/mol. The van der Waals surface area contributed by atoms with Crippen molar-refractivity contribution >= 4 is 27.5 Å². The lowest BCUT2D eigenvalue weighted by atomic mass is 10.2. The van der Waals surface area contributed by atoms with Crippen LogP contribution in [0.5, 0.6) is 0 Å². The van der Waals surface area contributed by atoms with Crippen LogP contribution < -0.4 is 0 Å². The van der Waals surface area contributed by atoms with E-state index in [0.717, 1.165) is 28.7 Å². The van der Waals surface area contributed by atoms with Crippen LogP contribution in [0.25, 0.3) is 10.2 Å². The molecule has 3 aromatic rings. The molecule has 2 aromatic carbocycles. The third-order valence-electron chi connectivity index (χ3n) is 3.47. The summed E-state index contributed by atoms with van der Waals surface area (Å²) in [5.41, 5.74) is 2.04. The molecule has 0 atom stereocenters. The molecule has 0 saturated heterocycles. The summed E-state index contributed by atoms with van der Waals surface area (Å²) >= 11 is 1.47. The summed E-state index contributed by atoms with van der Waals surface area (Å²) in [5, 5.41) is 0.575. The summed E-state index contributed by atoms with van der Waals surface area (Å²) in [6.45, 7) is 3.46. The van der Waals surface area contributed by atoms with E-state index in [-0.39, 0.29) is 5.91 Å². The van der Waals surface area contributed by atoms with E-state index in [4.69, 9.17) is 0 Å². The number of hydrogen-bond donors (Lipinski definition) is 0. The quantitative estimate of drug-likeness (QED) is 0.702. The molecule has 1 heterocycles. The maximum absolute atomic E-state index is 12.8. The first-order valence-corrected chi connectivity index (χ1v) is 8.28. The molecule has 1 aromatic heterocycles. The molecule has 0 fully saturated rings. The van der Waals surface area contributed by atoms with Crippen molar-refractivity contribution in [3.8, 4) is 0 Å². The van der Waals surface area contributed by atoms with Crippen molar-refractivity contribution in [2.75, 3.05) is 6.54 Å². The molecule has 1 amide bonds. The van der Waals surface area contributed by atoms with Gasteiger partial charge in [0, 0.05) is 13.1 Å². The Labute approximate surface area is 134 Å². The van der Waals surface area contributed by atoms with Crippen LogP contribution in [0, 0.1) is 0 Å². The summed E-state index contributed by atoms with van der Waals surface area (Å²) in [4.78, 5) is 19.1.